The topological polar surface area (TPSA) is 3.24 Å². The molecule has 22 heavy (non-hydrogen) atoms. The minimum Gasteiger partial charge on any atom is -0.297 e. The predicted molar refractivity (Wildman–Crippen MR) is 103 cm³/mol. The van der Waals surface area contributed by atoms with Crippen molar-refractivity contribution in [3.8, 4) is 0 Å². The van der Waals surface area contributed by atoms with E-state index < -0.39 is 0 Å². The van der Waals surface area contributed by atoms with E-state index in [4.69, 9.17) is 0 Å². The molecule has 0 amide bonds. The second-order valence-corrected chi connectivity index (χ2v) is 7.36. The zero-order valence-electron chi connectivity index (χ0n) is 16.7. The Balaban J connectivity index is 4.87. The number of rotatable bonds is 15. The molecule has 0 bridgehead atoms. The van der Waals surface area contributed by atoms with Crippen LogP contribution in [0.3, 0.4) is 0 Å². The van der Waals surface area contributed by atoms with E-state index in [9.17, 15) is 0 Å². The van der Waals surface area contributed by atoms with Crippen molar-refractivity contribution in [3.63, 3.8) is 0 Å². The van der Waals surface area contributed by atoms with Gasteiger partial charge in [-0.3, -0.25) is 4.90 Å². The molecular weight excluding hydrogens is 266 g/mol. The SMILES string of the molecule is CCCCC(CCC)N(CCC)C(CCC)CCC(C)CC. The lowest BCUT2D eigenvalue weighted by molar-refractivity contribution is 0.0990. The highest BCUT2D eigenvalue weighted by Crippen LogP contribution is 2.25. The molecule has 134 valence electrons. The van der Waals surface area contributed by atoms with Crippen molar-refractivity contribution in [2.45, 2.75) is 124 Å². The maximum absolute atomic E-state index is 2.92. The summed E-state index contributed by atoms with van der Waals surface area (Å²) < 4.78 is 0. The predicted octanol–water partition coefficient (Wildman–Crippen LogP) is 7.05. The number of unbranched alkanes of at least 4 members (excludes halogenated alkanes) is 1. The van der Waals surface area contributed by atoms with Crippen LogP contribution in [-0.4, -0.2) is 23.5 Å². The molecule has 0 aromatic heterocycles. The van der Waals surface area contributed by atoms with Gasteiger partial charge in [-0.2, -0.15) is 0 Å². The molecular formula is C21H45N. The first-order chi connectivity index (χ1) is 10.6. The Hall–Kier alpha value is -0.0400. The van der Waals surface area contributed by atoms with Crippen LogP contribution in [0.1, 0.15) is 112 Å². The van der Waals surface area contributed by atoms with Crippen LogP contribution in [0.5, 0.6) is 0 Å². The molecule has 0 rings (SSSR count). The molecule has 0 saturated carbocycles. The number of nitrogens with zero attached hydrogens (tertiary/aromatic N) is 1. The number of hydrogen-bond donors (Lipinski definition) is 0. The quantitative estimate of drug-likeness (QED) is 0.313. The smallest absolute Gasteiger partial charge is 0.00981 e. The van der Waals surface area contributed by atoms with E-state index in [1.54, 1.807) is 0 Å². The van der Waals surface area contributed by atoms with Gasteiger partial charge in [-0.1, -0.05) is 73.6 Å². The summed E-state index contributed by atoms with van der Waals surface area (Å²) >= 11 is 0. The first kappa shape index (κ1) is 22.0. The second kappa shape index (κ2) is 14.5. The molecule has 0 fully saturated rings. The lowest BCUT2D eigenvalue weighted by atomic mass is 9.93. The first-order valence-corrected chi connectivity index (χ1v) is 10.4. The minimum absolute atomic E-state index is 0.826. The third-order valence-corrected chi connectivity index (χ3v) is 5.24. The summed E-state index contributed by atoms with van der Waals surface area (Å²) in [6, 6.07) is 1.66. The highest BCUT2D eigenvalue weighted by Gasteiger charge is 2.24. The van der Waals surface area contributed by atoms with Crippen molar-refractivity contribution >= 4 is 0 Å². The molecule has 1 nitrogen and oxygen atoms in total. The van der Waals surface area contributed by atoms with E-state index >= 15 is 0 Å². The summed E-state index contributed by atoms with van der Waals surface area (Å²) in [6.07, 6.45) is 15.1. The molecule has 0 heterocycles. The zero-order chi connectivity index (χ0) is 16.8. The Kier molecular flexibility index (Phi) is 14.5. The lowest BCUT2D eigenvalue weighted by Crippen LogP contribution is -2.44. The summed E-state index contributed by atoms with van der Waals surface area (Å²) in [5.41, 5.74) is 0. The molecule has 0 spiro atoms. The van der Waals surface area contributed by atoms with Gasteiger partial charge in [-0.25, -0.2) is 0 Å². The summed E-state index contributed by atoms with van der Waals surface area (Å²) in [5, 5.41) is 0. The largest absolute Gasteiger partial charge is 0.297 e. The van der Waals surface area contributed by atoms with Gasteiger partial charge in [0.1, 0.15) is 0 Å². The van der Waals surface area contributed by atoms with Gasteiger partial charge in [0, 0.05) is 12.1 Å². The van der Waals surface area contributed by atoms with E-state index in [2.05, 4.69) is 46.4 Å². The summed E-state index contributed by atoms with van der Waals surface area (Å²) in [6.45, 7) is 15.5. The molecule has 1 heteroatoms. The van der Waals surface area contributed by atoms with Crippen molar-refractivity contribution in [1.29, 1.82) is 0 Å². The third-order valence-electron chi connectivity index (χ3n) is 5.24. The van der Waals surface area contributed by atoms with Crippen LogP contribution in [0, 0.1) is 5.92 Å². The van der Waals surface area contributed by atoms with Crippen molar-refractivity contribution < 1.29 is 0 Å². The third kappa shape index (κ3) is 9.18. The Labute approximate surface area is 142 Å². The van der Waals surface area contributed by atoms with Crippen molar-refractivity contribution in [3.05, 3.63) is 0 Å². The summed E-state index contributed by atoms with van der Waals surface area (Å²) in [5.74, 6) is 0.892. The average Bonchev–Trinajstić information content (AvgIpc) is 2.53. The van der Waals surface area contributed by atoms with E-state index in [-0.39, 0.29) is 0 Å². The summed E-state index contributed by atoms with van der Waals surface area (Å²) in [4.78, 5) is 2.92. The van der Waals surface area contributed by atoms with E-state index in [0.29, 0.717) is 0 Å². The fourth-order valence-corrected chi connectivity index (χ4v) is 3.66. The molecule has 0 aliphatic carbocycles. The van der Waals surface area contributed by atoms with Crippen LogP contribution in [-0.2, 0) is 0 Å². The summed E-state index contributed by atoms with van der Waals surface area (Å²) in [7, 11) is 0. The molecule has 0 aromatic carbocycles. The van der Waals surface area contributed by atoms with Gasteiger partial charge in [-0.05, 0) is 51.0 Å². The van der Waals surface area contributed by atoms with Crippen LogP contribution < -0.4 is 0 Å². The average molecular weight is 312 g/mol. The van der Waals surface area contributed by atoms with Crippen LogP contribution in [0.15, 0.2) is 0 Å². The van der Waals surface area contributed by atoms with Gasteiger partial charge in [0.15, 0.2) is 0 Å². The van der Waals surface area contributed by atoms with Gasteiger partial charge < -0.3 is 0 Å². The van der Waals surface area contributed by atoms with Crippen molar-refractivity contribution in [2.75, 3.05) is 6.54 Å². The molecule has 0 N–H and O–H groups in total. The monoisotopic (exact) mass is 311 g/mol. The van der Waals surface area contributed by atoms with Crippen molar-refractivity contribution in [1.82, 2.24) is 4.90 Å². The molecule has 0 radical (unpaired) electrons. The van der Waals surface area contributed by atoms with E-state index in [1.807, 2.05) is 0 Å². The van der Waals surface area contributed by atoms with Crippen LogP contribution in [0.2, 0.25) is 0 Å². The number of hydrogen-bond acceptors (Lipinski definition) is 1. The molecule has 3 unspecified atom stereocenters. The fourth-order valence-electron chi connectivity index (χ4n) is 3.66. The van der Waals surface area contributed by atoms with Crippen LogP contribution in [0.4, 0.5) is 0 Å². The van der Waals surface area contributed by atoms with E-state index in [1.165, 1.54) is 77.2 Å². The van der Waals surface area contributed by atoms with Gasteiger partial charge >= 0.3 is 0 Å². The van der Waals surface area contributed by atoms with Gasteiger partial charge in [-0.15, -0.1) is 0 Å². The highest BCUT2D eigenvalue weighted by atomic mass is 15.2. The Morgan fingerprint density at radius 3 is 1.68 bits per heavy atom. The molecule has 3 atom stereocenters. The molecule has 0 aliphatic heterocycles. The van der Waals surface area contributed by atoms with Gasteiger partial charge in [0.2, 0.25) is 0 Å². The minimum atomic E-state index is 0.826. The zero-order valence-corrected chi connectivity index (χ0v) is 16.7. The molecule has 0 aromatic rings. The van der Waals surface area contributed by atoms with E-state index in [0.717, 1.165) is 18.0 Å². The van der Waals surface area contributed by atoms with Crippen LogP contribution >= 0.6 is 0 Å². The van der Waals surface area contributed by atoms with Crippen LogP contribution in [0.25, 0.3) is 0 Å². The molecule has 0 aliphatic rings. The normalized spacial score (nSPS) is 16.0. The standard InChI is InChI=1S/C21H45N/c1-7-12-15-20(13-8-2)22(18-10-4)21(14-9-3)17-16-19(6)11-5/h19-21H,7-18H2,1-6H3. The Bertz CT molecular complexity index is 226. The van der Waals surface area contributed by atoms with Gasteiger partial charge in [0.05, 0.1) is 0 Å². The maximum atomic E-state index is 2.92. The van der Waals surface area contributed by atoms with Crippen molar-refractivity contribution in [2.24, 2.45) is 5.92 Å². The van der Waals surface area contributed by atoms with Gasteiger partial charge in [0.25, 0.3) is 0 Å². The highest BCUT2D eigenvalue weighted by molar-refractivity contribution is 4.80. The lowest BCUT2D eigenvalue weighted by Gasteiger charge is -2.39. The Morgan fingerprint density at radius 2 is 1.23 bits per heavy atom. The fraction of sp³-hybridized carbons (Fsp3) is 1.00. The first-order valence-electron chi connectivity index (χ1n) is 10.4. The second-order valence-electron chi connectivity index (χ2n) is 7.36. The maximum Gasteiger partial charge on any atom is 0.00981 e. The molecule has 0 saturated heterocycles. The Morgan fingerprint density at radius 1 is 0.636 bits per heavy atom.